The van der Waals surface area contributed by atoms with Crippen molar-refractivity contribution in [2.45, 2.75) is 13.0 Å². The van der Waals surface area contributed by atoms with E-state index in [0.717, 1.165) is 27.6 Å². The van der Waals surface area contributed by atoms with Gasteiger partial charge in [-0.2, -0.15) is 0 Å². The van der Waals surface area contributed by atoms with Crippen molar-refractivity contribution in [2.75, 3.05) is 23.9 Å². The largest absolute Gasteiger partial charge is 0.507 e. The molecule has 4 aromatic carbocycles. The highest BCUT2D eigenvalue weighted by Gasteiger charge is 2.47. The highest BCUT2D eigenvalue weighted by atomic mass is 16.3. The van der Waals surface area contributed by atoms with Gasteiger partial charge in [-0.1, -0.05) is 60.7 Å². The molecule has 0 spiro atoms. The molecule has 5 heteroatoms. The number of hydrogen-bond acceptors (Lipinski definition) is 4. The van der Waals surface area contributed by atoms with E-state index in [1.165, 1.54) is 4.90 Å². The van der Waals surface area contributed by atoms with Crippen molar-refractivity contribution in [1.29, 1.82) is 0 Å². The van der Waals surface area contributed by atoms with E-state index in [1.54, 1.807) is 6.07 Å². The lowest BCUT2D eigenvalue weighted by atomic mass is 9.94. The fourth-order valence-corrected chi connectivity index (χ4v) is 4.64. The summed E-state index contributed by atoms with van der Waals surface area (Å²) >= 11 is 0. The number of rotatable bonds is 4. The van der Waals surface area contributed by atoms with Gasteiger partial charge in [0.05, 0.1) is 11.6 Å². The molecule has 1 atom stereocenters. The summed E-state index contributed by atoms with van der Waals surface area (Å²) in [6.45, 7) is 1.94. The SMILES string of the molecule is Cc1cccc(N2C(=O)C(=O)/C(=C(\O)c3ccc4ccccc4c3)C2c2ccc(N(C)C)cc2)c1. The molecule has 1 aliphatic heterocycles. The van der Waals surface area contributed by atoms with Crippen molar-refractivity contribution in [3.05, 3.63) is 113 Å². The lowest BCUT2D eigenvalue weighted by Gasteiger charge is -2.26. The summed E-state index contributed by atoms with van der Waals surface area (Å²) in [5.41, 5.74) is 3.92. The molecule has 1 amide bonds. The Kier molecular flexibility index (Phi) is 5.61. The van der Waals surface area contributed by atoms with Crippen LogP contribution in [0.3, 0.4) is 0 Å². The zero-order valence-corrected chi connectivity index (χ0v) is 19.9. The van der Waals surface area contributed by atoms with Gasteiger partial charge in [-0.15, -0.1) is 0 Å². The number of Topliss-reactive ketones (excluding diaryl/α,β-unsaturated/α-hetero) is 1. The molecule has 35 heavy (non-hydrogen) atoms. The molecule has 1 aliphatic rings. The number of hydrogen-bond donors (Lipinski definition) is 1. The third kappa shape index (κ3) is 3.95. The van der Waals surface area contributed by atoms with Crippen molar-refractivity contribution in [3.63, 3.8) is 0 Å². The van der Waals surface area contributed by atoms with Gasteiger partial charge in [0.1, 0.15) is 5.76 Å². The van der Waals surface area contributed by atoms with Gasteiger partial charge < -0.3 is 10.0 Å². The van der Waals surface area contributed by atoms with E-state index in [1.807, 2.05) is 111 Å². The monoisotopic (exact) mass is 462 g/mol. The molecule has 174 valence electrons. The molecule has 1 N–H and O–H groups in total. The van der Waals surface area contributed by atoms with Crippen LogP contribution in [0, 0.1) is 6.92 Å². The van der Waals surface area contributed by atoms with Crippen LogP contribution in [0.15, 0.2) is 96.6 Å². The summed E-state index contributed by atoms with van der Waals surface area (Å²) in [6, 6.07) is 27.8. The second kappa shape index (κ2) is 8.76. The summed E-state index contributed by atoms with van der Waals surface area (Å²) in [5.74, 6) is -1.52. The van der Waals surface area contributed by atoms with Crippen LogP contribution in [0.25, 0.3) is 16.5 Å². The number of anilines is 2. The number of aliphatic hydroxyl groups excluding tert-OH is 1. The van der Waals surface area contributed by atoms with Gasteiger partial charge in [-0.3, -0.25) is 14.5 Å². The predicted octanol–water partition coefficient (Wildman–Crippen LogP) is 5.84. The Morgan fingerprint density at radius 2 is 1.54 bits per heavy atom. The van der Waals surface area contributed by atoms with Crippen LogP contribution in [-0.4, -0.2) is 30.9 Å². The minimum absolute atomic E-state index is 0.0874. The highest BCUT2D eigenvalue weighted by Crippen LogP contribution is 2.42. The summed E-state index contributed by atoms with van der Waals surface area (Å²) in [5, 5.41) is 13.4. The van der Waals surface area contributed by atoms with Gasteiger partial charge in [-0.25, -0.2) is 0 Å². The van der Waals surface area contributed by atoms with Gasteiger partial charge in [-0.05, 0) is 59.2 Å². The first-order valence-electron chi connectivity index (χ1n) is 11.5. The molecule has 0 aliphatic carbocycles. The third-order valence-electron chi connectivity index (χ3n) is 6.47. The van der Waals surface area contributed by atoms with E-state index < -0.39 is 17.7 Å². The van der Waals surface area contributed by atoms with Gasteiger partial charge in [0.2, 0.25) is 0 Å². The van der Waals surface area contributed by atoms with Crippen LogP contribution in [0.4, 0.5) is 11.4 Å². The molecule has 4 aromatic rings. The number of aryl methyl sites for hydroxylation is 1. The van der Waals surface area contributed by atoms with Gasteiger partial charge >= 0.3 is 0 Å². The molecular formula is C30H26N2O3. The van der Waals surface area contributed by atoms with Gasteiger partial charge in [0.15, 0.2) is 0 Å². The molecule has 0 radical (unpaired) electrons. The maximum atomic E-state index is 13.4. The predicted molar refractivity (Wildman–Crippen MR) is 141 cm³/mol. The number of nitrogens with zero attached hydrogens (tertiary/aromatic N) is 2. The number of fused-ring (bicyclic) bond motifs is 1. The zero-order valence-electron chi connectivity index (χ0n) is 19.9. The van der Waals surface area contributed by atoms with Crippen LogP contribution in [0.5, 0.6) is 0 Å². The highest BCUT2D eigenvalue weighted by molar-refractivity contribution is 6.51. The number of carbonyl (C=O) groups excluding carboxylic acids is 2. The van der Waals surface area contributed by atoms with E-state index >= 15 is 0 Å². The average molecular weight is 463 g/mol. The molecule has 5 nitrogen and oxygen atoms in total. The van der Waals surface area contributed by atoms with Crippen molar-refractivity contribution in [1.82, 2.24) is 0 Å². The Morgan fingerprint density at radius 1 is 0.829 bits per heavy atom. The number of ketones is 1. The molecular weight excluding hydrogens is 436 g/mol. The van der Waals surface area contributed by atoms with E-state index in [2.05, 4.69) is 0 Å². The normalized spacial score (nSPS) is 17.2. The quantitative estimate of drug-likeness (QED) is 0.235. The summed E-state index contributed by atoms with van der Waals surface area (Å²) in [4.78, 5) is 30.2. The Hall–Kier alpha value is -4.38. The molecule has 1 heterocycles. The smallest absolute Gasteiger partial charge is 0.300 e. The lowest BCUT2D eigenvalue weighted by Crippen LogP contribution is -2.29. The Bertz CT molecular complexity index is 1490. The molecule has 0 aromatic heterocycles. The van der Waals surface area contributed by atoms with E-state index in [4.69, 9.17) is 0 Å². The Morgan fingerprint density at radius 3 is 2.23 bits per heavy atom. The zero-order chi connectivity index (χ0) is 24.7. The van der Waals surface area contributed by atoms with Crippen LogP contribution in [-0.2, 0) is 9.59 Å². The first-order valence-corrected chi connectivity index (χ1v) is 11.5. The van der Waals surface area contributed by atoms with Crippen LogP contribution in [0.1, 0.15) is 22.7 Å². The van der Waals surface area contributed by atoms with Crippen molar-refractivity contribution >= 4 is 39.6 Å². The Balaban J connectivity index is 1.72. The topological polar surface area (TPSA) is 60.9 Å². The minimum Gasteiger partial charge on any atom is -0.507 e. The fraction of sp³-hybridized carbons (Fsp3) is 0.133. The van der Waals surface area contributed by atoms with Crippen LogP contribution < -0.4 is 9.80 Å². The first-order chi connectivity index (χ1) is 16.8. The van der Waals surface area contributed by atoms with E-state index in [-0.39, 0.29) is 11.3 Å². The number of carbonyl (C=O) groups is 2. The van der Waals surface area contributed by atoms with Gasteiger partial charge in [0, 0.05) is 31.0 Å². The van der Waals surface area contributed by atoms with E-state index in [0.29, 0.717) is 11.3 Å². The number of amides is 1. The second-order valence-electron chi connectivity index (χ2n) is 9.06. The number of aliphatic hydroxyl groups is 1. The second-order valence-corrected chi connectivity index (χ2v) is 9.06. The molecule has 1 fully saturated rings. The number of benzene rings is 4. The maximum absolute atomic E-state index is 13.4. The minimum atomic E-state index is -0.750. The molecule has 1 saturated heterocycles. The summed E-state index contributed by atoms with van der Waals surface area (Å²) in [7, 11) is 3.90. The third-order valence-corrected chi connectivity index (χ3v) is 6.47. The van der Waals surface area contributed by atoms with Gasteiger partial charge in [0.25, 0.3) is 11.7 Å². The van der Waals surface area contributed by atoms with Crippen LogP contribution in [0.2, 0.25) is 0 Å². The first kappa shape index (κ1) is 22.4. The standard InChI is InChI=1S/C30H26N2O3/c1-19-7-6-10-25(17-19)32-27(21-13-15-24(16-14-21)31(2)3)26(29(34)30(32)35)28(33)23-12-11-20-8-4-5-9-22(20)18-23/h4-18,27,33H,1-3H3/b28-26-. The van der Waals surface area contributed by atoms with Crippen molar-refractivity contribution in [3.8, 4) is 0 Å². The fourth-order valence-electron chi connectivity index (χ4n) is 4.64. The summed E-state index contributed by atoms with van der Waals surface area (Å²) < 4.78 is 0. The maximum Gasteiger partial charge on any atom is 0.300 e. The molecule has 1 unspecified atom stereocenters. The summed E-state index contributed by atoms with van der Waals surface area (Å²) in [6.07, 6.45) is 0. The van der Waals surface area contributed by atoms with Crippen molar-refractivity contribution < 1.29 is 14.7 Å². The average Bonchev–Trinajstić information content (AvgIpc) is 3.13. The molecule has 0 bridgehead atoms. The lowest BCUT2D eigenvalue weighted by molar-refractivity contribution is -0.132. The van der Waals surface area contributed by atoms with Crippen molar-refractivity contribution in [2.24, 2.45) is 0 Å². The molecule has 5 rings (SSSR count). The molecule has 0 saturated carbocycles. The Labute approximate surface area is 204 Å². The van der Waals surface area contributed by atoms with Crippen LogP contribution >= 0.6 is 0 Å². The van der Waals surface area contributed by atoms with E-state index in [9.17, 15) is 14.7 Å².